The molecule has 0 unspecified atom stereocenters. The molecule has 1 aromatic heterocycles. The Morgan fingerprint density at radius 3 is 2.88 bits per heavy atom. The van der Waals surface area contributed by atoms with Gasteiger partial charge in [-0.15, -0.1) is 0 Å². The van der Waals surface area contributed by atoms with Crippen LogP contribution in [0.5, 0.6) is 5.75 Å². The fourth-order valence-corrected chi connectivity index (χ4v) is 3.32. The van der Waals surface area contributed by atoms with E-state index in [1.807, 2.05) is 35.4 Å². The first-order chi connectivity index (χ1) is 12.2. The number of rotatable bonds is 5. The highest BCUT2D eigenvalue weighted by atomic mass is 16.5. The zero-order valence-corrected chi connectivity index (χ0v) is 14.9. The maximum atomic E-state index is 12.5. The number of carbonyl (C=O) groups excluding carboxylic acids is 1. The summed E-state index contributed by atoms with van der Waals surface area (Å²) in [6, 6.07) is 7.40. The van der Waals surface area contributed by atoms with Crippen LogP contribution in [-0.4, -0.2) is 40.7 Å². The van der Waals surface area contributed by atoms with Gasteiger partial charge in [0, 0.05) is 50.2 Å². The van der Waals surface area contributed by atoms with E-state index in [4.69, 9.17) is 4.74 Å². The first-order valence-electron chi connectivity index (χ1n) is 8.89. The Kier molecular flexibility index (Phi) is 5.58. The van der Waals surface area contributed by atoms with Gasteiger partial charge in [0.05, 0.1) is 7.11 Å². The van der Waals surface area contributed by atoms with Crippen molar-refractivity contribution in [2.45, 2.75) is 32.7 Å². The van der Waals surface area contributed by atoms with Crippen LogP contribution in [0.1, 0.15) is 25.6 Å². The normalized spacial score (nSPS) is 15.2. The van der Waals surface area contributed by atoms with Crippen molar-refractivity contribution in [2.24, 2.45) is 5.92 Å². The van der Waals surface area contributed by atoms with E-state index in [2.05, 4.69) is 28.0 Å². The van der Waals surface area contributed by atoms with E-state index in [0.29, 0.717) is 5.92 Å². The summed E-state index contributed by atoms with van der Waals surface area (Å²) < 4.78 is 7.44. The van der Waals surface area contributed by atoms with Crippen molar-refractivity contribution in [2.75, 3.05) is 25.5 Å². The molecule has 1 aromatic carbocycles. The van der Waals surface area contributed by atoms with Crippen LogP contribution in [0.25, 0.3) is 0 Å². The van der Waals surface area contributed by atoms with Crippen molar-refractivity contribution in [3.05, 3.63) is 42.5 Å². The number of likely N-dealkylation sites (tertiary alicyclic amines) is 1. The second-order valence-electron chi connectivity index (χ2n) is 6.44. The van der Waals surface area contributed by atoms with Gasteiger partial charge in [0.15, 0.2) is 0 Å². The fourth-order valence-electron chi connectivity index (χ4n) is 3.32. The minimum atomic E-state index is -0.0384. The van der Waals surface area contributed by atoms with Crippen LogP contribution in [0.4, 0.5) is 10.5 Å². The molecule has 6 nitrogen and oxygen atoms in total. The number of nitrogens with one attached hydrogen (secondary N) is 1. The summed E-state index contributed by atoms with van der Waals surface area (Å²) in [5.41, 5.74) is 0.762. The molecule has 25 heavy (non-hydrogen) atoms. The Balaban J connectivity index is 1.50. The number of urea groups is 1. The van der Waals surface area contributed by atoms with Gasteiger partial charge >= 0.3 is 6.03 Å². The van der Waals surface area contributed by atoms with Crippen molar-refractivity contribution in [3.8, 4) is 5.75 Å². The average molecular weight is 342 g/mol. The van der Waals surface area contributed by atoms with Crippen LogP contribution in [-0.2, 0) is 13.0 Å². The van der Waals surface area contributed by atoms with Crippen LogP contribution in [0, 0.1) is 5.92 Å². The smallest absolute Gasteiger partial charge is 0.321 e. The Labute approximate surface area is 148 Å². The Hall–Kier alpha value is -2.50. The molecule has 2 aromatic rings. The molecule has 0 spiro atoms. The number of carbonyl (C=O) groups is 1. The SMILES string of the molecule is CCc1nccn1CC1CCN(C(=O)Nc2cccc(OC)c2)CC1. The molecule has 2 heterocycles. The third-order valence-corrected chi connectivity index (χ3v) is 4.80. The summed E-state index contributed by atoms with van der Waals surface area (Å²) in [4.78, 5) is 18.7. The average Bonchev–Trinajstić information content (AvgIpc) is 3.09. The standard InChI is InChI=1S/C19H26N4O2/c1-3-18-20-9-12-23(18)14-15-7-10-22(11-8-15)19(24)21-16-5-4-6-17(13-16)25-2/h4-6,9,12-13,15H,3,7-8,10-11,14H2,1-2H3,(H,21,24). The first kappa shape index (κ1) is 17.3. The summed E-state index contributed by atoms with van der Waals surface area (Å²) in [5.74, 6) is 2.47. The number of hydrogen-bond donors (Lipinski definition) is 1. The molecule has 0 bridgehead atoms. The van der Waals surface area contributed by atoms with E-state index >= 15 is 0 Å². The summed E-state index contributed by atoms with van der Waals surface area (Å²) in [6.45, 7) is 4.70. The monoisotopic (exact) mass is 342 g/mol. The van der Waals surface area contributed by atoms with Gasteiger partial charge in [-0.2, -0.15) is 0 Å². The first-order valence-corrected chi connectivity index (χ1v) is 8.89. The summed E-state index contributed by atoms with van der Waals surface area (Å²) >= 11 is 0. The van der Waals surface area contributed by atoms with Gasteiger partial charge in [-0.3, -0.25) is 0 Å². The Bertz CT molecular complexity index is 705. The molecule has 6 heteroatoms. The van der Waals surface area contributed by atoms with Gasteiger partial charge in [-0.05, 0) is 30.9 Å². The molecule has 1 aliphatic heterocycles. The number of benzene rings is 1. The largest absolute Gasteiger partial charge is 0.497 e. The lowest BCUT2D eigenvalue weighted by atomic mass is 9.97. The molecular weight excluding hydrogens is 316 g/mol. The zero-order valence-electron chi connectivity index (χ0n) is 14.9. The van der Waals surface area contributed by atoms with Crippen LogP contribution < -0.4 is 10.1 Å². The molecule has 1 fully saturated rings. The molecule has 134 valence electrons. The molecule has 2 amide bonds. The zero-order chi connectivity index (χ0) is 17.6. The van der Waals surface area contributed by atoms with Crippen molar-refractivity contribution in [1.29, 1.82) is 0 Å². The number of methoxy groups -OCH3 is 1. The summed E-state index contributed by atoms with van der Waals surface area (Å²) in [5, 5.41) is 2.96. The van der Waals surface area contributed by atoms with Crippen LogP contribution in [0.3, 0.4) is 0 Å². The number of piperidine rings is 1. The quantitative estimate of drug-likeness (QED) is 0.906. The summed E-state index contributed by atoms with van der Waals surface area (Å²) in [7, 11) is 1.62. The van der Waals surface area contributed by atoms with Gasteiger partial charge < -0.3 is 19.5 Å². The van der Waals surface area contributed by atoms with Gasteiger partial charge in [-0.1, -0.05) is 13.0 Å². The topological polar surface area (TPSA) is 59.4 Å². The number of aromatic nitrogens is 2. The highest BCUT2D eigenvalue weighted by Gasteiger charge is 2.23. The van der Waals surface area contributed by atoms with E-state index in [0.717, 1.165) is 56.2 Å². The van der Waals surface area contributed by atoms with Gasteiger partial charge in [-0.25, -0.2) is 9.78 Å². The third kappa shape index (κ3) is 4.32. The number of amides is 2. The number of aryl methyl sites for hydroxylation is 1. The number of nitrogens with zero attached hydrogens (tertiary/aromatic N) is 3. The van der Waals surface area contributed by atoms with Crippen molar-refractivity contribution in [1.82, 2.24) is 14.5 Å². The third-order valence-electron chi connectivity index (χ3n) is 4.80. The molecule has 1 N–H and O–H groups in total. The lowest BCUT2D eigenvalue weighted by molar-refractivity contribution is 0.176. The van der Waals surface area contributed by atoms with Crippen LogP contribution in [0.15, 0.2) is 36.7 Å². The number of imidazole rings is 1. The van der Waals surface area contributed by atoms with E-state index in [1.54, 1.807) is 7.11 Å². The Morgan fingerprint density at radius 2 is 2.16 bits per heavy atom. The van der Waals surface area contributed by atoms with Crippen molar-refractivity contribution >= 4 is 11.7 Å². The molecule has 1 aliphatic rings. The van der Waals surface area contributed by atoms with E-state index < -0.39 is 0 Å². The van der Waals surface area contributed by atoms with Gasteiger partial charge in [0.1, 0.15) is 11.6 Å². The van der Waals surface area contributed by atoms with Crippen LogP contribution >= 0.6 is 0 Å². The summed E-state index contributed by atoms with van der Waals surface area (Å²) in [6.07, 6.45) is 6.92. The number of ether oxygens (including phenoxy) is 1. The predicted molar refractivity (Wildman–Crippen MR) is 97.9 cm³/mol. The predicted octanol–water partition coefficient (Wildman–Crippen LogP) is 3.40. The molecule has 1 saturated heterocycles. The molecule has 0 radical (unpaired) electrons. The van der Waals surface area contributed by atoms with Crippen LogP contribution in [0.2, 0.25) is 0 Å². The molecule has 3 rings (SSSR count). The molecule has 0 saturated carbocycles. The van der Waals surface area contributed by atoms with E-state index in [9.17, 15) is 4.79 Å². The van der Waals surface area contributed by atoms with Gasteiger partial charge in [0.2, 0.25) is 0 Å². The molecule has 0 aliphatic carbocycles. The fraction of sp³-hybridized carbons (Fsp3) is 0.474. The second-order valence-corrected chi connectivity index (χ2v) is 6.44. The lowest BCUT2D eigenvalue weighted by Crippen LogP contribution is -2.41. The van der Waals surface area contributed by atoms with Crippen molar-refractivity contribution < 1.29 is 9.53 Å². The molecular formula is C19H26N4O2. The highest BCUT2D eigenvalue weighted by molar-refractivity contribution is 5.89. The maximum absolute atomic E-state index is 12.5. The van der Waals surface area contributed by atoms with E-state index in [-0.39, 0.29) is 6.03 Å². The Morgan fingerprint density at radius 1 is 1.36 bits per heavy atom. The second kappa shape index (κ2) is 8.05. The minimum absolute atomic E-state index is 0.0384. The van der Waals surface area contributed by atoms with E-state index in [1.165, 1.54) is 0 Å². The van der Waals surface area contributed by atoms with Crippen molar-refractivity contribution in [3.63, 3.8) is 0 Å². The minimum Gasteiger partial charge on any atom is -0.497 e. The number of hydrogen-bond acceptors (Lipinski definition) is 3. The lowest BCUT2D eigenvalue weighted by Gasteiger charge is -2.32. The molecule has 0 atom stereocenters. The van der Waals surface area contributed by atoms with Gasteiger partial charge in [0.25, 0.3) is 0 Å². The highest BCUT2D eigenvalue weighted by Crippen LogP contribution is 2.22. The number of anilines is 1. The maximum Gasteiger partial charge on any atom is 0.321 e.